The van der Waals surface area contributed by atoms with E-state index in [1.807, 2.05) is 67.6 Å². The van der Waals surface area contributed by atoms with E-state index >= 15 is 0 Å². The monoisotopic (exact) mass is 416 g/mol. The van der Waals surface area contributed by atoms with E-state index in [1.54, 1.807) is 36.2 Å². The molecule has 31 heavy (non-hydrogen) atoms. The van der Waals surface area contributed by atoms with Gasteiger partial charge in [0.25, 0.3) is 11.8 Å². The Morgan fingerprint density at radius 2 is 1.52 bits per heavy atom. The number of carbonyl (C=O) groups is 2. The van der Waals surface area contributed by atoms with Gasteiger partial charge in [0.2, 0.25) is 0 Å². The number of hydrogen-bond donors (Lipinski definition) is 2. The fourth-order valence-corrected chi connectivity index (χ4v) is 3.43. The fourth-order valence-electron chi connectivity index (χ4n) is 3.43. The van der Waals surface area contributed by atoms with Crippen LogP contribution in [0, 0.1) is 0 Å². The normalized spacial score (nSPS) is 12.6. The van der Waals surface area contributed by atoms with Gasteiger partial charge in [0, 0.05) is 31.1 Å². The van der Waals surface area contributed by atoms with Crippen LogP contribution >= 0.6 is 0 Å². The molecule has 0 fully saturated rings. The Balaban J connectivity index is 1.79. The van der Waals surface area contributed by atoms with E-state index in [9.17, 15) is 14.7 Å². The number of amides is 2. The molecule has 0 aliphatic heterocycles. The lowest BCUT2D eigenvalue weighted by atomic mass is 9.87. The Bertz CT molecular complexity index is 1020. The Kier molecular flexibility index (Phi) is 7.21. The maximum atomic E-state index is 12.8. The molecule has 0 spiro atoms. The van der Waals surface area contributed by atoms with Crippen molar-refractivity contribution in [2.24, 2.45) is 0 Å². The third-order valence-corrected chi connectivity index (χ3v) is 5.38. The molecule has 1 atom stereocenters. The molecule has 0 saturated carbocycles. The third kappa shape index (κ3) is 5.58. The maximum Gasteiger partial charge on any atom is 0.253 e. The molecule has 0 unspecified atom stereocenters. The van der Waals surface area contributed by atoms with Gasteiger partial charge < -0.3 is 15.3 Å². The summed E-state index contributed by atoms with van der Waals surface area (Å²) in [6, 6.07) is 25.7. The summed E-state index contributed by atoms with van der Waals surface area (Å²) in [5.74, 6) is -0.474. The van der Waals surface area contributed by atoms with Crippen molar-refractivity contribution >= 4 is 11.8 Å². The van der Waals surface area contributed by atoms with Crippen LogP contribution in [0.1, 0.15) is 38.8 Å². The number of aliphatic hydroxyl groups is 1. The molecule has 160 valence electrons. The zero-order valence-electron chi connectivity index (χ0n) is 17.9. The number of rotatable bonds is 8. The average molecular weight is 417 g/mol. The highest BCUT2D eigenvalue weighted by molar-refractivity contribution is 5.99. The number of nitrogens with one attached hydrogen (secondary N) is 1. The summed E-state index contributed by atoms with van der Waals surface area (Å²) >= 11 is 0. The number of nitrogens with zero attached hydrogens (tertiary/aromatic N) is 1. The van der Waals surface area contributed by atoms with Crippen molar-refractivity contribution in [1.29, 1.82) is 0 Å². The van der Waals surface area contributed by atoms with Gasteiger partial charge >= 0.3 is 0 Å². The highest BCUT2D eigenvalue weighted by atomic mass is 16.3. The van der Waals surface area contributed by atoms with Gasteiger partial charge in [0.05, 0.1) is 6.54 Å². The number of hydrogen-bond acceptors (Lipinski definition) is 3. The minimum atomic E-state index is -1.27. The van der Waals surface area contributed by atoms with Gasteiger partial charge in [-0.15, -0.1) is 0 Å². The molecular weight excluding hydrogens is 388 g/mol. The minimum Gasteiger partial charge on any atom is -0.383 e. The lowest BCUT2D eigenvalue weighted by Gasteiger charge is -2.29. The predicted molar refractivity (Wildman–Crippen MR) is 122 cm³/mol. The highest BCUT2D eigenvalue weighted by Gasteiger charge is 2.30. The Hall–Kier alpha value is -3.44. The molecule has 3 rings (SSSR count). The van der Waals surface area contributed by atoms with Crippen molar-refractivity contribution in [3.63, 3.8) is 0 Å². The smallest absolute Gasteiger partial charge is 0.253 e. The molecule has 0 aromatic heterocycles. The van der Waals surface area contributed by atoms with Gasteiger partial charge in [-0.25, -0.2) is 0 Å². The van der Waals surface area contributed by atoms with Crippen LogP contribution < -0.4 is 5.32 Å². The Labute approximate surface area is 183 Å². The van der Waals surface area contributed by atoms with E-state index in [0.29, 0.717) is 24.1 Å². The fraction of sp³-hybridized carbons (Fsp3) is 0.231. The Morgan fingerprint density at radius 3 is 2.16 bits per heavy atom. The van der Waals surface area contributed by atoms with Gasteiger partial charge in [0.15, 0.2) is 0 Å². The van der Waals surface area contributed by atoms with Crippen molar-refractivity contribution in [2.45, 2.75) is 18.9 Å². The van der Waals surface area contributed by atoms with Gasteiger partial charge in [-0.1, -0.05) is 66.7 Å². The van der Waals surface area contributed by atoms with Gasteiger partial charge in [0.1, 0.15) is 5.60 Å². The van der Waals surface area contributed by atoms with Crippen LogP contribution in [0.2, 0.25) is 0 Å². The average Bonchev–Trinajstić information content (AvgIpc) is 2.82. The first-order valence-corrected chi connectivity index (χ1v) is 10.4. The molecule has 5 heteroatoms. The summed E-state index contributed by atoms with van der Waals surface area (Å²) in [6.07, 6.45) is 0.359. The van der Waals surface area contributed by atoms with Crippen LogP contribution in [0.25, 0.3) is 0 Å². The van der Waals surface area contributed by atoms with Crippen molar-refractivity contribution in [3.05, 3.63) is 107 Å². The summed E-state index contributed by atoms with van der Waals surface area (Å²) in [6.45, 7) is 2.52. The highest BCUT2D eigenvalue weighted by Crippen LogP contribution is 2.25. The molecule has 0 aliphatic carbocycles. The second-order valence-corrected chi connectivity index (χ2v) is 7.64. The second-order valence-electron chi connectivity index (χ2n) is 7.64. The van der Waals surface area contributed by atoms with Gasteiger partial charge in [-0.2, -0.15) is 0 Å². The first kappa shape index (κ1) is 22.2. The van der Waals surface area contributed by atoms with Crippen LogP contribution in [0.3, 0.4) is 0 Å². The van der Waals surface area contributed by atoms with E-state index in [0.717, 1.165) is 11.1 Å². The van der Waals surface area contributed by atoms with Crippen LogP contribution in [0.4, 0.5) is 0 Å². The standard InChI is InChI=1S/C26H28N2O3/c1-3-28(2)25(30)22-14-10-13-21(17-22)24(29)27-19-26(31,23-15-8-5-9-16-23)18-20-11-6-4-7-12-20/h4-17,31H,3,18-19H2,1-2H3,(H,27,29)/t26-/m1/s1. The number of carbonyl (C=O) groups excluding carboxylic acids is 2. The Morgan fingerprint density at radius 1 is 0.903 bits per heavy atom. The lowest BCUT2D eigenvalue weighted by molar-refractivity contribution is 0.0353. The van der Waals surface area contributed by atoms with Gasteiger partial charge in [-0.3, -0.25) is 9.59 Å². The lowest BCUT2D eigenvalue weighted by Crippen LogP contribution is -2.42. The van der Waals surface area contributed by atoms with E-state index in [2.05, 4.69) is 5.32 Å². The minimum absolute atomic E-state index is 0.0395. The van der Waals surface area contributed by atoms with E-state index in [4.69, 9.17) is 0 Å². The summed E-state index contributed by atoms with van der Waals surface area (Å²) in [7, 11) is 1.72. The first-order chi connectivity index (χ1) is 14.9. The molecule has 0 heterocycles. The predicted octanol–water partition coefficient (Wildman–Crippen LogP) is 3.64. The molecule has 0 radical (unpaired) electrons. The quantitative estimate of drug-likeness (QED) is 0.589. The first-order valence-electron chi connectivity index (χ1n) is 10.4. The molecule has 5 nitrogen and oxygen atoms in total. The topological polar surface area (TPSA) is 69.6 Å². The number of benzene rings is 3. The second kappa shape index (κ2) is 10.0. The summed E-state index contributed by atoms with van der Waals surface area (Å²) in [5.41, 5.74) is 1.27. The molecule has 0 saturated heterocycles. The summed E-state index contributed by atoms with van der Waals surface area (Å²) < 4.78 is 0. The van der Waals surface area contributed by atoms with Crippen molar-refractivity contribution < 1.29 is 14.7 Å². The van der Waals surface area contributed by atoms with Crippen LogP contribution in [-0.4, -0.2) is 42.0 Å². The van der Waals surface area contributed by atoms with Crippen molar-refractivity contribution in [3.8, 4) is 0 Å². The van der Waals surface area contributed by atoms with Gasteiger partial charge in [-0.05, 0) is 36.2 Å². The maximum absolute atomic E-state index is 12.8. The van der Waals surface area contributed by atoms with E-state index < -0.39 is 5.60 Å². The summed E-state index contributed by atoms with van der Waals surface area (Å²) in [4.78, 5) is 26.8. The van der Waals surface area contributed by atoms with Crippen LogP contribution in [0.15, 0.2) is 84.9 Å². The molecule has 2 amide bonds. The van der Waals surface area contributed by atoms with Crippen molar-refractivity contribution in [1.82, 2.24) is 10.2 Å². The SMILES string of the molecule is CCN(C)C(=O)c1cccc(C(=O)NC[C@](O)(Cc2ccccc2)c2ccccc2)c1. The summed E-state index contributed by atoms with van der Waals surface area (Å²) in [5, 5.41) is 14.4. The molecule has 3 aromatic carbocycles. The zero-order valence-corrected chi connectivity index (χ0v) is 17.9. The van der Waals surface area contributed by atoms with Crippen LogP contribution in [-0.2, 0) is 12.0 Å². The molecule has 2 N–H and O–H groups in total. The largest absolute Gasteiger partial charge is 0.383 e. The van der Waals surface area contributed by atoms with Crippen molar-refractivity contribution in [2.75, 3.05) is 20.1 Å². The molecule has 3 aromatic rings. The van der Waals surface area contributed by atoms with E-state index in [-0.39, 0.29) is 18.4 Å². The van der Waals surface area contributed by atoms with E-state index in [1.165, 1.54) is 0 Å². The van der Waals surface area contributed by atoms with Crippen LogP contribution in [0.5, 0.6) is 0 Å². The molecular formula is C26H28N2O3. The zero-order chi connectivity index (χ0) is 22.3. The molecule has 0 bridgehead atoms. The molecule has 0 aliphatic rings. The third-order valence-electron chi connectivity index (χ3n) is 5.38.